The number of piperidine rings is 1. The van der Waals surface area contributed by atoms with Gasteiger partial charge in [0.15, 0.2) is 0 Å². The van der Waals surface area contributed by atoms with Crippen molar-refractivity contribution in [3.05, 3.63) is 30.0 Å². The zero-order chi connectivity index (χ0) is 14.4. The molecule has 0 bridgehead atoms. The molecular weight excluding hydrogens is 282 g/mol. The highest BCUT2D eigenvalue weighted by Crippen LogP contribution is 2.33. The third kappa shape index (κ3) is 2.15. The van der Waals surface area contributed by atoms with Crippen molar-refractivity contribution in [2.75, 3.05) is 26.7 Å². The Kier molecular flexibility index (Phi) is 3.19. The normalized spacial score (nSPS) is 26.2. The summed E-state index contributed by atoms with van der Waals surface area (Å²) in [7, 11) is 2.15. The van der Waals surface area contributed by atoms with Crippen LogP contribution in [0.3, 0.4) is 0 Å². The number of carbonyl (C=O) groups is 1. The van der Waals surface area contributed by atoms with Crippen molar-refractivity contribution in [3.8, 4) is 0 Å². The Morgan fingerprint density at radius 2 is 2.10 bits per heavy atom. The Hall–Kier alpha value is -1.46. The predicted molar refractivity (Wildman–Crippen MR) is 84.7 cm³/mol. The van der Waals surface area contributed by atoms with Crippen LogP contribution in [-0.2, 0) is 0 Å². The fourth-order valence-electron chi connectivity index (χ4n) is 3.73. The van der Waals surface area contributed by atoms with Crippen molar-refractivity contribution in [3.63, 3.8) is 0 Å². The number of hydrogen-bond donors (Lipinski definition) is 0. The Bertz CT molecular complexity index is 683. The van der Waals surface area contributed by atoms with Crippen LogP contribution in [0.5, 0.6) is 0 Å². The van der Waals surface area contributed by atoms with Crippen LogP contribution < -0.4 is 0 Å². The lowest BCUT2D eigenvalue weighted by atomic mass is 9.92. The molecule has 3 heterocycles. The SMILES string of the molecule is CN1CCC2CCN(C(=O)c3nsc4ccccc34)C2C1. The average molecular weight is 301 g/mol. The molecule has 1 amide bonds. The monoisotopic (exact) mass is 301 g/mol. The third-order valence-corrected chi connectivity index (χ3v) is 5.73. The van der Waals surface area contributed by atoms with Crippen molar-refractivity contribution in [2.45, 2.75) is 18.9 Å². The second-order valence-corrected chi connectivity index (χ2v) is 7.00. The quantitative estimate of drug-likeness (QED) is 0.812. The molecule has 2 saturated heterocycles. The van der Waals surface area contributed by atoms with Gasteiger partial charge in [-0.3, -0.25) is 4.79 Å². The lowest BCUT2D eigenvalue weighted by Crippen LogP contribution is -2.48. The number of carbonyl (C=O) groups excluding carboxylic acids is 1. The maximum absolute atomic E-state index is 12.9. The van der Waals surface area contributed by atoms with Crippen LogP contribution in [-0.4, -0.2) is 52.8 Å². The number of nitrogens with zero attached hydrogens (tertiary/aromatic N) is 3. The van der Waals surface area contributed by atoms with Gasteiger partial charge in [0.05, 0.1) is 4.70 Å². The van der Waals surface area contributed by atoms with E-state index < -0.39 is 0 Å². The minimum absolute atomic E-state index is 0.121. The van der Waals surface area contributed by atoms with E-state index in [9.17, 15) is 4.79 Å². The first-order chi connectivity index (χ1) is 10.2. The zero-order valence-corrected chi connectivity index (χ0v) is 13.0. The van der Waals surface area contributed by atoms with Crippen molar-refractivity contribution < 1.29 is 4.79 Å². The number of rotatable bonds is 1. The number of likely N-dealkylation sites (tertiary alicyclic amines) is 2. The summed E-state index contributed by atoms with van der Waals surface area (Å²) in [5.74, 6) is 0.797. The summed E-state index contributed by atoms with van der Waals surface area (Å²) < 4.78 is 5.53. The minimum atomic E-state index is 0.121. The van der Waals surface area contributed by atoms with E-state index in [-0.39, 0.29) is 5.91 Å². The minimum Gasteiger partial charge on any atom is -0.333 e. The first-order valence-electron chi connectivity index (χ1n) is 7.58. The molecule has 2 aliphatic heterocycles. The van der Waals surface area contributed by atoms with Crippen molar-refractivity contribution in [2.24, 2.45) is 5.92 Å². The van der Waals surface area contributed by atoms with Gasteiger partial charge in [-0.05, 0) is 50.0 Å². The number of likely N-dealkylation sites (N-methyl/N-ethyl adjacent to an activating group) is 1. The fourth-order valence-corrected chi connectivity index (χ4v) is 4.50. The standard InChI is InChI=1S/C16H19N3OS/c1-18-8-6-11-7-9-19(13(11)10-18)16(20)15-12-4-2-3-5-14(12)21-17-15/h2-5,11,13H,6-10H2,1H3. The van der Waals surface area contributed by atoms with Gasteiger partial charge in [-0.2, -0.15) is 4.37 Å². The molecule has 0 N–H and O–H groups in total. The second kappa shape index (κ2) is 5.07. The van der Waals surface area contributed by atoms with Gasteiger partial charge in [-0.25, -0.2) is 0 Å². The predicted octanol–water partition coefficient (Wildman–Crippen LogP) is 2.46. The van der Waals surface area contributed by atoms with Crippen molar-refractivity contribution >= 4 is 27.5 Å². The second-order valence-electron chi connectivity index (χ2n) is 6.19. The summed E-state index contributed by atoms with van der Waals surface area (Å²) in [6.45, 7) is 3.04. The van der Waals surface area contributed by atoms with Crippen LogP contribution in [0.2, 0.25) is 0 Å². The largest absolute Gasteiger partial charge is 0.333 e. The Balaban J connectivity index is 1.65. The van der Waals surface area contributed by atoms with Gasteiger partial charge >= 0.3 is 0 Å². The first kappa shape index (κ1) is 13.2. The van der Waals surface area contributed by atoms with Crippen molar-refractivity contribution in [1.29, 1.82) is 0 Å². The van der Waals surface area contributed by atoms with E-state index >= 15 is 0 Å². The Labute approximate surface area is 128 Å². The molecule has 0 radical (unpaired) electrons. The molecule has 2 fully saturated rings. The maximum atomic E-state index is 12.9. The molecule has 2 unspecified atom stereocenters. The molecule has 110 valence electrons. The molecule has 1 aromatic carbocycles. The molecule has 4 rings (SSSR count). The molecular formula is C16H19N3OS. The fraction of sp³-hybridized carbons (Fsp3) is 0.500. The van der Waals surface area contributed by atoms with Crippen LogP contribution >= 0.6 is 11.5 Å². The van der Waals surface area contributed by atoms with Crippen LogP contribution in [0.15, 0.2) is 24.3 Å². The third-order valence-electron chi connectivity index (χ3n) is 4.91. The van der Waals surface area contributed by atoms with E-state index in [0.29, 0.717) is 17.7 Å². The zero-order valence-electron chi connectivity index (χ0n) is 12.2. The maximum Gasteiger partial charge on any atom is 0.274 e. The molecule has 0 saturated carbocycles. The van der Waals surface area contributed by atoms with Crippen LogP contribution in [0.1, 0.15) is 23.3 Å². The van der Waals surface area contributed by atoms with Gasteiger partial charge < -0.3 is 9.80 Å². The van der Waals surface area contributed by atoms with Crippen LogP contribution in [0.25, 0.3) is 10.1 Å². The van der Waals surface area contributed by atoms with Gasteiger partial charge in [0.25, 0.3) is 5.91 Å². The molecule has 5 heteroatoms. The highest BCUT2D eigenvalue weighted by atomic mass is 32.1. The van der Waals surface area contributed by atoms with E-state index in [1.807, 2.05) is 24.3 Å². The highest BCUT2D eigenvalue weighted by Gasteiger charge is 2.40. The summed E-state index contributed by atoms with van der Waals surface area (Å²) >= 11 is 1.42. The van der Waals surface area contributed by atoms with Gasteiger partial charge in [-0.15, -0.1) is 0 Å². The molecule has 1 aromatic heterocycles. The van der Waals surface area contributed by atoms with Crippen LogP contribution in [0.4, 0.5) is 0 Å². The number of benzene rings is 1. The van der Waals surface area contributed by atoms with Gasteiger partial charge in [0.1, 0.15) is 5.69 Å². The number of fused-ring (bicyclic) bond motifs is 2. The average Bonchev–Trinajstić information content (AvgIpc) is 3.10. The molecule has 4 nitrogen and oxygen atoms in total. The van der Waals surface area contributed by atoms with Crippen LogP contribution in [0, 0.1) is 5.92 Å². The smallest absolute Gasteiger partial charge is 0.274 e. The summed E-state index contributed by atoms with van der Waals surface area (Å²) in [4.78, 5) is 17.3. The number of aromatic nitrogens is 1. The van der Waals surface area contributed by atoms with Gasteiger partial charge in [-0.1, -0.05) is 18.2 Å². The first-order valence-corrected chi connectivity index (χ1v) is 8.35. The van der Waals surface area contributed by atoms with Gasteiger partial charge in [0.2, 0.25) is 0 Å². The van der Waals surface area contributed by atoms with Gasteiger partial charge in [0, 0.05) is 24.5 Å². The lowest BCUT2D eigenvalue weighted by Gasteiger charge is -2.36. The Morgan fingerprint density at radius 1 is 1.29 bits per heavy atom. The van der Waals surface area contributed by atoms with E-state index in [0.717, 1.165) is 36.1 Å². The molecule has 21 heavy (non-hydrogen) atoms. The summed E-state index contributed by atoms with van der Waals surface area (Å²) in [5, 5.41) is 1.00. The summed E-state index contributed by atoms with van der Waals surface area (Å²) in [6, 6.07) is 8.39. The topological polar surface area (TPSA) is 36.4 Å². The lowest BCUT2D eigenvalue weighted by molar-refractivity contribution is 0.0629. The highest BCUT2D eigenvalue weighted by molar-refractivity contribution is 7.13. The number of hydrogen-bond acceptors (Lipinski definition) is 4. The van der Waals surface area contributed by atoms with E-state index in [4.69, 9.17) is 0 Å². The number of amides is 1. The molecule has 0 aliphatic carbocycles. The van der Waals surface area contributed by atoms with E-state index in [1.165, 1.54) is 18.0 Å². The molecule has 2 atom stereocenters. The Morgan fingerprint density at radius 3 is 3.00 bits per heavy atom. The van der Waals surface area contributed by atoms with E-state index in [1.54, 1.807) is 0 Å². The van der Waals surface area contributed by atoms with Crippen molar-refractivity contribution in [1.82, 2.24) is 14.2 Å². The summed E-state index contributed by atoms with van der Waals surface area (Å²) in [5.41, 5.74) is 0.643. The molecule has 0 spiro atoms. The van der Waals surface area contributed by atoms with E-state index in [2.05, 4.69) is 21.2 Å². The molecule has 2 aliphatic rings. The molecule has 2 aromatic rings. The summed E-state index contributed by atoms with van der Waals surface area (Å²) in [6.07, 6.45) is 2.36.